The zero-order valence-corrected chi connectivity index (χ0v) is 13.8. The lowest BCUT2D eigenvalue weighted by atomic mass is 10.1. The van der Waals surface area contributed by atoms with Crippen LogP contribution < -0.4 is 4.74 Å². The van der Waals surface area contributed by atoms with E-state index in [1.54, 1.807) is 0 Å². The highest BCUT2D eigenvalue weighted by molar-refractivity contribution is 5.29. The fourth-order valence-corrected chi connectivity index (χ4v) is 2.63. The molecule has 122 valence electrons. The Morgan fingerprint density at radius 2 is 1.77 bits per heavy atom. The van der Waals surface area contributed by atoms with Crippen molar-refractivity contribution in [2.45, 2.75) is 20.0 Å². The Morgan fingerprint density at radius 3 is 2.32 bits per heavy atom. The lowest BCUT2D eigenvalue weighted by Gasteiger charge is -2.35. The first-order valence-electron chi connectivity index (χ1n) is 8.08. The van der Waals surface area contributed by atoms with E-state index in [2.05, 4.69) is 23.3 Å². The number of benzene rings is 1. The van der Waals surface area contributed by atoms with E-state index in [1.807, 2.05) is 31.2 Å². The second kappa shape index (κ2) is 8.32. The van der Waals surface area contributed by atoms with Crippen LogP contribution in [0, 0.1) is 0 Å². The zero-order valence-electron chi connectivity index (χ0n) is 13.8. The number of ether oxygens (including phenoxy) is 1. The summed E-state index contributed by atoms with van der Waals surface area (Å²) in [7, 11) is 0. The zero-order chi connectivity index (χ0) is 15.9. The smallest absolute Gasteiger partial charge is 0.119 e. The summed E-state index contributed by atoms with van der Waals surface area (Å²) < 4.78 is 5.58. The van der Waals surface area contributed by atoms with Gasteiger partial charge < -0.3 is 14.7 Å². The van der Waals surface area contributed by atoms with Crippen molar-refractivity contribution in [3.8, 4) is 5.75 Å². The molecule has 22 heavy (non-hydrogen) atoms. The summed E-state index contributed by atoms with van der Waals surface area (Å²) >= 11 is 0. The Hall–Kier alpha value is -1.36. The number of piperazine rings is 1. The predicted molar refractivity (Wildman–Crippen MR) is 90.3 cm³/mol. The molecule has 1 unspecified atom stereocenters. The second-order valence-corrected chi connectivity index (χ2v) is 6.07. The van der Waals surface area contributed by atoms with Gasteiger partial charge in [-0.2, -0.15) is 0 Å². The first kappa shape index (κ1) is 17.0. The third-order valence-electron chi connectivity index (χ3n) is 4.09. The molecule has 1 fully saturated rings. The average molecular weight is 304 g/mol. The van der Waals surface area contributed by atoms with Crippen molar-refractivity contribution in [3.63, 3.8) is 0 Å². The summed E-state index contributed by atoms with van der Waals surface area (Å²) in [4.78, 5) is 4.78. The Balaban J connectivity index is 1.82. The number of hydrogen-bond donors (Lipinski definition) is 1. The number of hydrogen-bond acceptors (Lipinski definition) is 4. The summed E-state index contributed by atoms with van der Waals surface area (Å²) in [6, 6.07) is 7.72. The highest BCUT2D eigenvalue weighted by atomic mass is 16.5. The minimum Gasteiger partial charge on any atom is -0.489 e. The molecule has 0 spiro atoms. The Morgan fingerprint density at radius 1 is 1.18 bits per heavy atom. The Bertz CT molecular complexity index is 464. The minimum atomic E-state index is -0.441. The SMILES string of the molecule is C=C(C)COc1ccc(C(O)CN2CCN(CC)CC2)cc1. The van der Waals surface area contributed by atoms with Crippen LogP contribution in [-0.4, -0.2) is 60.8 Å². The molecular formula is C18H28N2O2. The molecule has 0 amide bonds. The van der Waals surface area contributed by atoms with Crippen molar-refractivity contribution < 1.29 is 9.84 Å². The van der Waals surface area contributed by atoms with Gasteiger partial charge in [-0.25, -0.2) is 0 Å². The van der Waals surface area contributed by atoms with Crippen LogP contribution in [0.3, 0.4) is 0 Å². The van der Waals surface area contributed by atoms with Gasteiger partial charge in [0.25, 0.3) is 0 Å². The number of nitrogens with zero attached hydrogens (tertiary/aromatic N) is 2. The molecule has 0 aromatic heterocycles. The van der Waals surface area contributed by atoms with E-state index >= 15 is 0 Å². The summed E-state index contributed by atoms with van der Waals surface area (Å²) in [6.07, 6.45) is -0.441. The summed E-state index contributed by atoms with van der Waals surface area (Å²) in [5.41, 5.74) is 1.94. The molecule has 4 nitrogen and oxygen atoms in total. The Kier molecular flexibility index (Phi) is 6.43. The van der Waals surface area contributed by atoms with Crippen LogP contribution in [-0.2, 0) is 0 Å². The fourth-order valence-electron chi connectivity index (χ4n) is 2.63. The predicted octanol–water partition coefficient (Wildman–Crippen LogP) is 2.31. The van der Waals surface area contributed by atoms with Crippen LogP contribution >= 0.6 is 0 Å². The summed E-state index contributed by atoms with van der Waals surface area (Å²) in [5.74, 6) is 0.815. The van der Waals surface area contributed by atoms with Crippen LogP contribution in [0.4, 0.5) is 0 Å². The number of rotatable bonds is 7. The highest BCUT2D eigenvalue weighted by Gasteiger charge is 2.18. The molecular weight excluding hydrogens is 276 g/mol. The maximum Gasteiger partial charge on any atom is 0.119 e. The van der Waals surface area contributed by atoms with Crippen LogP contribution in [0.1, 0.15) is 25.5 Å². The number of β-amino-alcohol motifs (C(OH)–C–C–N with tert-alkyl or cyclic N) is 1. The molecule has 4 heteroatoms. The second-order valence-electron chi connectivity index (χ2n) is 6.07. The molecule has 1 aliphatic heterocycles. The molecule has 1 atom stereocenters. The van der Waals surface area contributed by atoms with E-state index in [1.165, 1.54) is 0 Å². The normalized spacial score (nSPS) is 18.1. The van der Waals surface area contributed by atoms with Gasteiger partial charge in [-0.3, -0.25) is 4.90 Å². The van der Waals surface area contributed by atoms with E-state index in [0.29, 0.717) is 13.2 Å². The maximum absolute atomic E-state index is 10.4. The standard InChI is InChI=1S/C18H28N2O2/c1-4-19-9-11-20(12-10-19)13-18(21)16-5-7-17(8-6-16)22-14-15(2)3/h5-8,18,21H,2,4,9-14H2,1,3H3. The summed E-state index contributed by atoms with van der Waals surface area (Å²) in [6.45, 7) is 14.6. The van der Waals surface area contributed by atoms with Gasteiger partial charge in [-0.1, -0.05) is 25.6 Å². The first-order chi connectivity index (χ1) is 10.6. The average Bonchev–Trinajstić information content (AvgIpc) is 2.54. The molecule has 0 aliphatic carbocycles. The largest absolute Gasteiger partial charge is 0.489 e. The van der Waals surface area contributed by atoms with E-state index in [4.69, 9.17) is 4.74 Å². The van der Waals surface area contributed by atoms with Crippen molar-refractivity contribution in [2.24, 2.45) is 0 Å². The lowest BCUT2D eigenvalue weighted by Crippen LogP contribution is -2.47. The van der Waals surface area contributed by atoms with Gasteiger partial charge in [-0.15, -0.1) is 0 Å². The van der Waals surface area contributed by atoms with Crippen LogP contribution in [0.5, 0.6) is 5.75 Å². The molecule has 0 saturated carbocycles. The molecule has 1 aromatic rings. The molecule has 1 heterocycles. The van der Waals surface area contributed by atoms with Crippen molar-refractivity contribution >= 4 is 0 Å². The van der Waals surface area contributed by atoms with E-state index in [0.717, 1.165) is 49.6 Å². The first-order valence-corrected chi connectivity index (χ1v) is 8.08. The third kappa shape index (κ3) is 5.13. The quantitative estimate of drug-likeness (QED) is 0.784. The van der Waals surface area contributed by atoms with Gasteiger partial charge in [0, 0.05) is 32.7 Å². The molecule has 1 N–H and O–H groups in total. The van der Waals surface area contributed by atoms with E-state index in [9.17, 15) is 5.11 Å². The molecule has 2 rings (SSSR count). The van der Waals surface area contributed by atoms with Crippen molar-refractivity contribution in [1.82, 2.24) is 9.80 Å². The van der Waals surface area contributed by atoms with Gasteiger partial charge in [0.1, 0.15) is 12.4 Å². The van der Waals surface area contributed by atoms with Crippen LogP contribution in [0.25, 0.3) is 0 Å². The van der Waals surface area contributed by atoms with E-state index < -0.39 is 6.10 Å². The number of aliphatic hydroxyl groups excluding tert-OH is 1. The number of aliphatic hydroxyl groups is 1. The maximum atomic E-state index is 10.4. The molecule has 1 aliphatic rings. The molecule has 1 saturated heterocycles. The van der Waals surface area contributed by atoms with Crippen molar-refractivity contribution in [3.05, 3.63) is 42.0 Å². The highest BCUT2D eigenvalue weighted by Crippen LogP contribution is 2.19. The molecule has 0 radical (unpaired) electrons. The van der Waals surface area contributed by atoms with Gasteiger partial charge >= 0.3 is 0 Å². The minimum absolute atomic E-state index is 0.441. The number of likely N-dealkylation sites (N-methyl/N-ethyl adjacent to an activating group) is 1. The van der Waals surface area contributed by atoms with Gasteiger partial charge in [0.15, 0.2) is 0 Å². The van der Waals surface area contributed by atoms with Crippen LogP contribution in [0.2, 0.25) is 0 Å². The Labute approximate surface area is 134 Å². The lowest BCUT2D eigenvalue weighted by molar-refractivity contribution is 0.0744. The molecule has 1 aromatic carbocycles. The van der Waals surface area contributed by atoms with Crippen LogP contribution in [0.15, 0.2) is 36.4 Å². The van der Waals surface area contributed by atoms with Crippen molar-refractivity contribution in [1.29, 1.82) is 0 Å². The third-order valence-corrected chi connectivity index (χ3v) is 4.09. The topological polar surface area (TPSA) is 35.9 Å². The van der Waals surface area contributed by atoms with Gasteiger partial charge in [0.05, 0.1) is 6.10 Å². The van der Waals surface area contributed by atoms with E-state index in [-0.39, 0.29) is 0 Å². The molecule has 0 bridgehead atoms. The fraction of sp³-hybridized carbons (Fsp3) is 0.556. The summed E-state index contributed by atoms with van der Waals surface area (Å²) in [5, 5.41) is 10.4. The van der Waals surface area contributed by atoms with Gasteiger partial charge in [0.2, 0.25) is 0 Å². The van der Waals surface area contributed by atoms with Crippen molar-refractivity contribution in [2.75, 3.05) is 45.9 Å². The van der Waals surface area contributed by atoms with Gasteiger partial charge in [-0.05, 0) is 36.7 Å². The monoisotopic (exact) mass is 304 g/mol.